The highest BCUT2D eigenvalue weighted by Gasteiger charge is 2.10. The molecule has 1 atom stereocenters. The monoisotopic (exact) mass is 208 g/mol. The number of nitrogens with one attached hydrogen (secondary N) is 1. The highest BCUT2D eigenvalue weighted by molar-refractivity contribution is 5.96. The second-order valence-electron chi connectivity index (χ2n) is 3.58. The zero-order chi connectivity index (χ0) is 11.4. The van der Waals surface area contributed by atoms with E-state index in [0.29, 0.717) is 11.3 Å². The average Bonchev–Trinajstić information content (AvgIpc) is 2.18. The first-order valence-corrected chi connectivity index (χ1v) is 4.83. The smallest absolute Gasteiger partial charge is 0.251 e. The summed E-state index contributed by atoms with van der Waals surface area (Å²) in [7, 11) is 0. The van der Waals surface area contributed by atoms with Crippen molar-refractivity contribution in [3.63, 3.8) is 0 Å². The zero-order valence-corrected chi connectivity index (χ0v) is 8.95. The van der Waals surface area contributed by atoms with Gasteiger partial charge in [0.05, 0.1) is 6.10 Å². The van der Waals surface area contributed by atoms with Gasteiger partial charge in [-0.1, -0.05) is 6.07 Å². The lowest BCUT2D eigenvalue weighted by molar-refractivity contribution is 0.0923. The van der Waals surface area contributed by atoms with Gasteiger partial charge in [0.25, 0.3) is 5.91 Å². The van der Waals surface area contributed by atoms with Gasteiger partial charge in [-0.2, -0.15) is 0 Å². The number of anilines is 1. The van der Waals surface area contributed by atoms with E-state index in [1.807, 2.05) is 0 Å². The van der Waals surface area contributed by atoms with Gasteiger partial charge >= 0.3 is 0 Å². The van der Waals surface area contributed by atoms with Crippen LogP contribution in [-0.2, 0) is 0 Å². The molecule has 1 amide bonds. The van der Waals surface area contributed by atoms with Crippen LogP contribution in [-0.4, -0.2) is 23.7 Å². The molecule has 1 aromatic carbocycles. The molecule has 0 aliphatic heterocycles. The molecule has 0 aromatic heterocycles. The molecule has 15 heavy (non-hydrogen) atoms. The Morgan fingerprint density at radius 1 is 1.60 bits per heavy atom. The minimum atomic E-state index is -0.546. The highest BCUT2D eigenvalue weighted by atomic mass is 16.3. The number of carbonyl (C=O) groups excluding carboxylic acids is 1. The van der Waals surface area contributed by atoms with Crippen LogP contribution in [0.3, 0.4) is 0 Å². The Morgan fingerprint density at radius 3 is 2.87 bits per heavy atom. The second-order valence-corrected chi connectivity index (χ2v) is 3.58. The van der Waals surface area contributed by atoms with E-state index in [9.17, 15) is 4.79 Å². The first-order chi connectivity index (χ1) is 7.02. The molecule has 0 aliphatic rings. The predicted octanol–water partition coefficient (Wildman–Crippen LogP) is 0.688. The van der Waals surface area contributed by atoms with Crippen molar-refractivity contribution in [3.8, 4) is 0 Å². The van der Waals surface area contributed by atoms with Crippen molar-refractivity contribution in [2.75, 3.05) is 12.3 Å². The molecule has 1 rings (SSSR count). The number of aliphatic hydroxyl groups is 1. The Labute approximate surface area is 89.1 Å². The van der Waals surface area contributed by atoms with Gasteiger partial charge in [0.2, 0.25) is 0 Å². The Balaban J connectivity index is 2.78. The molecule has 0 fully saturated rings. The lowest BCUT2D eigenvalue weighted by Gasteiger charge is -2.10. The number of rotatable bonds is 3. The number of nitrogens with two attached hydrogens (primary N) is 1. The van der Waals surface area contributed by atoms with Crippen LogP contribution in [0.25, 0.3) is 0 Å². The van der Waals surface area contributed by atoms with Crippen LogP contribution in [0.2, 0.25) is 0 Å². The molecule has 0 unspecified atom stereocenters. The van der Waals surface area contributed by atoms with Gasteiger partial charge in [-0.15, -0.1) is 0 Å². The molecule has 0 spiro atoms. The normalized spacial score (nSPS) is 12.2. The fourth-order valence-corrected chi connectivity index (χ4v) is 1.24. The van der Waals surface area contributed by atoms with Crippen molar-refractivity contribution < 1.29 is 9.90 Å². The Hall–Kier alpha value is -1.55. The molecule has 0 aliphatic carbocycles. The average molecular weight is 208 g/mol. The van der Waals surface area contributed by atoms with E-state index in [0.717, 1.165) is 5.56 Å². The van der Waals surface area contributed by atoms with Gasteiger partial charge in [-0.25, -0.2) is 0 Å². The van der Waals surface area contributed by atoms with Gasteiger partial charge < -0.3 is 16.2 Å². The molecule has 1 aromatic rings. The summed E-state index contributed by atoms with van der Waals surface area (Å²) in [5.41, 5.74) is 7.60. The molecular weight excluding hydrogens is 192 g/mol. The summed E-state index contributed by atoms with van der Waals surface area (Å²) in [5, 5.41) is 11.7. The molecule has 4 nitrogen and oxygen atoms in total. The van der Waals surface area contributed by atoms with E-state index in [2.05, 4.69) is 5.32 Å². The summed E-state index contributed by atoms with van der Waals surface area (Å²) in [5.74, 6) is -0.208. The third-order valence-electron chi connectivity index (χ3n) is 2.18. The number of nitrogen functional groups attached to an aromatic ring is 1. The van der Waals surface area contributed by atoms with Crippen LogP contribution in [0, 0.1) is 6.92 Å². The molecular formula is C11H16N2O2. The third-order valence-corrected chi connectivity index (χ3v) is 2.18. The van der Waals surface area contributed by atoms with Crippen molar-refractivity contribution in [1.82, 2.24) is 5.32 Å². The van der Waals surface area contributed by atoms with E-state index in [-0.39, 0.29) is 12.5 Å². The Bertz CT molecular complexity index is 362. The number of hydrogen-bond acceptors (Lipinski definition) is 3. The molecule has 0 saturated heterocycles. The van der Waals surface area contributed by atoms with Crippen LogP contribution in [0.15, 0.2) is 18.2 Å². The maximum absolute atomic E-state index is 11.6. The fraction of sp³-hybridized carbons (Fsp3) is 0.364. The molecule has 0 saturated carbocycles. The van der Waals surface area contributed by atoms with Crippen molar-refractivity contribution in [3.05, 3.63) is 29.3 Å². The quantitative estimate of drug-likeness (QED) is 0.640. The number of amides is 1. The van der Waals surface area contributed by atoms with Gasteiger partial charge in [-0.3, -0.25) is 4.79 Å². The van der Waals surface area contributed by atoms with Gasteiger partial charge in [0.1, 0.15) is 0 Å². The first kappa shape index (κ1) is 11.5. The van der Waals surface area contributed by atoms with Crippen LogP contribution >= 0.6 is 0 Å². The standard InChI is InChI=1S/C11H16N2O2/c1-7(14)6-13-11(15)9-4-3-5-10(12)8(9)2/h3-5,7,14H,6,12H2,1-2H3,(H,13,15)/t7-/m0/s1. The SMILES string of the molecule is Cc1c(N)cccc1C(=O)NC[C@H](C)O. The molecule has 0 bridgehead atoms. The number of benzene rings is 1. The predicted molar refractivity (Wildman–Crippen MR) is 59.6 cm³/mol. The van der Waals surface area contributed by atoms with E-state index in [1.165, 1.54) is 0 Å². The van der Waals surface area contributed by atoms with Gasteiger partial charge in [0, 0.05) is 17.8 Å². The largest absolute Gasteiger partial charge is 0.398 e. The summed E-state index contributed by atoms with van der Waals surface area (Å²) < 4.78 is 0. The number of carbonyl (C=O) groups is 1. The van der Waals surface area contributed by atoms with Crippen molar-refractivity contribution in [2.45, 2.75) is 20.0 Å². The van der Waals surface area contributed by atoms with Gasteiger partial charge in [0.15, 0.2) is 0 Å². The van der Waals surface area contributed by atoms with Crippen molar-refractivity contribution >= 4 is 11.6 Å². The highest BCUT2D eigenvalue weighted by Crippen LogP contribution is 2.14. The van der Waals surface area contributed by atoms with E-state index in [1.54, 1.807) is 32.0 Å². The summed E-state index contributed by atoms with van der Waals surface area (Å²) in [4.78, 5) is 11.6. The second kappa shape index (κ2) is 4.79. The molecule has 4 N–H and O–H groups in total. The maximum atomic E-state index is 11.6. The third kappa shape index (κ3) is 2.95. The molecule has 82 valence electrons. The van der Waals surface area contributed by atoms with E-state index in [4.69, 9.17) is 10.8 Å². The fourth-order valence-electron chi connectivity index (χ4n) is 1.24. The topological polar surface area (TPSA) is 75.4 Å². The first-order valence-electron chi connectivity index (χ1n) is 4.83. The maximum Gasteiger partial charge on any atom is 0.251 e. The summed E-state index contributed by atoms with van der Waals surface area (Å²) in [6.45, 7) is 3.66. The lowest BCUT2D eigenvalue weighted by atomic mass is 10.1. The van der Waals surface area contributed by atoms with Crippen LogP contribution in [0.5, 0.6) is 0 Å². The molecule has 0 radical (unpaired) electrons. The minimum absolute atomic E-state index is 0.208. The van der Waals surface area contributed by atoms with Crippen LogP contribution < -0.4 is 11.1 Å². The zero-order valence-electron chi connectivity index (χ0n) is 8.95. The van der Waals surface area contributed by atoms with Crippen molar-refractivity contribution in [1.29, 1.82) is 0 Å². The van der Waals surface area contributed by atoms with Crippen LogP contribution in [0.4, 0.5) is 5.69 Å². The summed E-state index contributed by atoms with van der Waals surface area (Å²) >= 11 is 0. The Morgan fingerprint density at radius 2 is 2.27 bits per heavy atom. The summed E-state index contributed by atoms with van der Waals surface area (Å²) in [6.07, 6.45) is -0.546. The van der Waals surface area contributed by atoms with Crippen LogP contribution in [0.1, 0.15) is 22.8 Å². The van der Waals surface area contributed by atoms with E-state index < -0.39 is 6.10 Å². The minimum Gasteiger partial charge on any atom is -0.398 e. The van der Waals surface area contributed by atoms with Crippen molar-refractivity contribution in [2.24, 2.45) is 0 Å². The van der Waals surface area contributed by atoms with Gasteiger partial charge in [-0.05, 0) is 31.5 Å². The molecule has 0 heterocycles. The Kier molecular flexibility index (Phi) is 3.68. The van der Waals surface area contributed by atoms with E-state index >= 15 is 0 Å². The molecule has 4 heteroatoms. The number of hydrogen-bond donors (Lipinski definition) is 3. The summed E-state index contributed by atoms with van der Waals surface area (Å²) in [6, 6.07) is 5.20. The lowest BCUT2D eigenvalue weighted by Crippen LogP contribution is -2.31. The number of aliphatic hydroxyl groups excluding tert-OH is 1.